The van der Waals surface area contributed by atoms with E-state index in [1.807, 2.05) is 30.3 Å². The van der Waals surface area contributed by atoms with Crippen molar-refractivity contribution in [2.45, 2.75) is 6.54 Å². The summed E-state index contributed by atoms with van der Waals surface area (Å²) in [5.41, 5.74) is 0.482. The van der Waals surface area contributed by atoms with Crippen molar-refractivity contribution in [2.24, 2.45) is 0 Å². The molecule has 0 saturated carbocycles. The van der Waals surface area contributed by atoms with E-state index in [9.17, 15) is 25.3 Å². The summed E-state index contributed by atoms with van der Waals surface area (Å²) >= 11 is 1.74. The molecule has 126 valence electrons. The predicted molar refractivity (Wildman–Crippen MR) is 99.4 cm³/mol. The quantitative estimate of drug-likeness (QED) is 0.239. The molecule has 25 heavy (non-hydrogen) atoms. The topological polar surface area (TPSA) is 116 Å². The van der Waals surface area contributed by atoms with Gasteiger partial charge in [0.05, 0.1) is 8.49 Å². The average molecular weight is 449 g/mol. The van der Waals surface area contributed by atoms with Crippen molar-refractivity contribution in [3.05, 3.63) is 72.8 Å². The van der Waals surface area contributed by atoms with Gasteiger partial charge in [0.25, 0.3) is 5.91 Å². The first-order valence-corrected chi connectivity index (χ1v) is 8.11. The fourth-order valence-corrected chi connectivity index (χ4v) is 2.65. The molecule has 2 aromatic carbocycles. The number of nitriles is 1. The van der Waals surface area contributed by atoms with E-state index < -0.39 is 22.3 Å². The number of nitrogens with one attached hydrogen (secondary N) is 1. The lowest BCUT2D eigenvalue weighted by molar-refractivity contribution is -0.386. The summed E-state index contributed by atoms with van der Waals surface area (Å²) in [6.07, 6.45) is 1.24. The van der Waals surface area contributed by atoms with Gasteiger partial charge in [-0.3, -0.25) is 14.9 Å². The van der Waals surface area contributed by atoms with Gasteiger partial charge < -0.3 is 10.4 Å². The standard InChI is InChI=1S/C17H12IN3O4/c18-14-7-12(8-15(16(14)22)21(24)25)6-13(9-19)17(23)20-10-11-4-2-1-3-5-11/h1-8,22H,10H2,(H,20,23)/b13-6+. The third-order valence-corrected chi connectivity index (χ3v) is 4.06. The van der Waals surface area contributed by atoms with Crippen LogP contribution in [0.4, 0.5) is 5.69 Å². The number of amides is 1. The molecule has 0 bridgehead atoms. The number of hydrogen-bond acceptors (Lipinski definition) is 5. The van der Waals surface area contributed by atoms with E-state index in [-0.39, 0.29) is 21.3 Å². The Morgan fingerprint density at radius 2 is 2.04 bits per heavy atom. The molecule has 0 aromatic heterocycles. The van der Waals surface area contributed by atoms with E-state index in [4.69, 9.17) is 0 Å². The summed E-state index contributed by atoms with van der Waals surface area (Å²) in [6, 6.07) is 13.5. The molecule has 2 rings (SSSR count). The van der Waals surface area contributed by atoms with Crippen molar-refractivity contribution in [3.8, 4) is 11.8 Å². The molecular weight excluding hydrogens is 437 g/mol. The van der Waals surface area contributed by atoms with E-state index in [1.54, 1.807) is 28.7 Å². The molecule has 0 heterocycles. The van der Waals surface area contributed by atoms with Crippen LogP contribution in [0.1, 0.15) is 11.1 Å². The molecule has 0 radical (unpaired) electrons. The maximum atomic E-state index is 12.1. The Hall–Kier alpha value is -2.93. The number of nitro benzene ring substituents is 1. The second kappa shape index (κ2) is 8.25. The first kappa shape index (κ1) is 18.4. The summed E-state index contributed by atoms with van der Waals surface area (Å²) in [5.74, 6) is -1.04. The number of halogens is 1. The van der Waals surface area contributed by atoms with Gasteiger partial charge in [0.1, 0.15) is 11.6 Å². The van der Waals surface area contributed by atoms with Gasteiger partial charge in [0.15, 0.2) is 0 Å². The minimum absolute atomic E-state index is 0.188. The normalized spacial score (nSPS) is 10.8. The Morgan fingerprint density at radius 3 is 2.64 bits per heavy atom. The van der Waals surface area contributed by atoms with E-state index in [0.717, 1.165) is 11.6 Å². The van der Waals surface area contributed by atoms with E-state index >= 15 is 0 Å². The number of hydrogen-bond donors (Lipinski definition) is 2. The van der Waals surface area contributed by atoms with E-state index in [1.165, 1.54) is 12.1 Å². The predicted octanol–water partition coefficient (Wildman–Crippen LogP) is 3.13. The molecule has 0 saturated heterocycles. The molecule has 0 aliphatic carbocycles. The van der Waals surface area contributed by atoms with Crippen LogP contribution >= 0.6 is 22.6 Å². The maximum Gasteiger partial charge on any atom is 0.312 e. The van der Waals surface area contributed by atoms with Crippen LogP contribution in [0.5, 0.6) is 5.75 Å². The van der Waals surface area contributed by atoms with Crippen molar-refractivity contribution in [2.75, 3.05) is 0 Å². The Kier molecular flexibility index (Phi) is 6.08. The first-order chi connectivity index (χ1) is 11.9. The molecule has 8 heteroatoms. The fraction of sp³-hybridized carbons (Fsp3) is 0.0588. The zero-order valence-electron chi connectivity index (χ0n) is 12.8. The lowest BCUT2D eigenvalue weighted by Gasteiger charge is -2.05. The van der Waals surface area contributed by atoms with Gasteiger partial charge in [0.2, 0.25) is 5.75 Å². The third-order valence-electron chi connectivity index (χ3n) is 3.23. The molecule has 0 aliphatic rings. The largest absolute Gasteiger partial charge is 0.501 e. The number of phenols is 1. The maximum absolute atomic E-state index is 12.1. The summed E-state index contributed by atoms with van der Waals surface area (Å²) in [7, 11) is 0. The Labute approximate surface area is 156 Å². The van der Waals surface area contributed by atoms with Gasteiger partial charge in [0, 0.05) is 12.6 Å². The minimum Gasteiger partial charge on any atom is -0.501 e. The van der Waals surface area contributed by atoms with Crippen molar-refractivity contribution < 1.29 is 14.8 Å². The second-order valence-electron chi connectivity index (χ2n) is 4.97. The number of nitrogens with zero attached hydrogens (tertiary/aromatic N) is 2. The Balaban J connectivity index is 2.23. The van der Waals surface area contributed by atoms with Gasteiger partial charge in [-0.1, -0.05) is 30.3 Å². The molecule has 0 aliphatic heterocycles. The molecule has 0 unspecified atom stereocenters. The van der Waals surface area contributed by atoms with Crippen LogP contribution in [0.2, 0.25) is 0 Å². The van der Waals surface area contributed by atoms with Crippen LogP contribution in [0.15, 0.2) is 48.0 Å². The zero-order valence-corrected chi connectivity index (χ0v) is 14.9. The summed E-state index contributed by atoms with van der Waals surface area (Å²) in [6.45, 7) is 0.256. The second-order valence-corrected chi connectivity index (χ2v) is 6.13. The number of aromatic hydroxyl groups is 1. The van der Waals surface area contributed by atoms with Gasteiger partial charge in [-0.2, -0.15) is 5.26 Å². The molecule has 0 spiro atoms. The SMILES string of the molecule is N#C/C(=C\c1cc(I)c(O)c([N+](=O)[O-])c1)C(=O)NCc1ccccc1. The van der Waals surface area contributed by atoms with Crippen LogP contribution in [0, 0.1) is 25.0 Å². The monoisotopic (exact) mass is 449 g/mol. The van der Waals surface area contributed by atoms with Crippen LogP contribution in [0.3, 0.4) is 0 Å². The number of phenolic OH excluding ortho intramolecular Hbond substituents is 1. The highest BCUT2D eigenvalue weighted by Gasteiger charge is 2.18. The van der Waals surface area contributed by atoms with Crippen LogP contribution < -0.4 is 5.32 Å². The summed E-state index contributed by atoms with van der Waals surface area (Å²) in [5, 5.41) is 32.5. The Morgan fingerprint density at radius 1 is 1.36 bits per heavy atom. The lowest BCUT2D eigenvalue weighted by Crippen LogP contribution is -2.23. The highest BCUT2D eigenvalue weighted by atomic mass is 127. The number of carbonyl (C=O) groups is 1. The van der Waals surface area contributed by atoms with E-state index in [0.29, 0.717) is 0 Å². The number of carbonyl (C=O) groups excluding carboxylic acids is 1. The molecule has 0 fully saturated rings. The summed E-state index contributed by atoms with van der Waals surface area (Å²) in [4.78, 5) is 22.4. The van der Waals surface area contributed by atoms with Crippen molar-refractivity contribution in [1.82, 2.24) is 5.32 Å². The van der Waals surface area contributed by atoms with Crippen molar-refractivity contribution in [1.29, 1.82) is 5.26 Å². The summed E-state index contributed by atoms with van der Waals surface area (Å²) < 4.78 is 0.250. The van der Waals surface area contributed by atoms with Crippen LogP contribution in [-0.2, 0) is 11.3 Å². The van der Waals surface area contributed by atoms with Gasteiger partial charge >= 0.3 is 5.69 Å². The van der Waals surface area contributed by atoms with E-state index in [2.05, 4.69) is 5.32 Å². The molecule has 0 atom stereocenters. The molecule has 2 N–H and O–H groups in total. The number of rotatable bonds is 5. The van der Waals surface area contributed by atoms with Gasteiger partial charge in [-0.05, 0) is 45.9 Å². The zero-order chi connectivity index (χ0) is 18.4. The number of nitro groups is 1. The third kappa shape index (κ3) is 4.77. The smallest absolute Gasteiger partial charge is 0.312 e. The molecule has 1 amide bonds. The van der Waals surface area contributed by atoms with Crippen LogP contribution in [0.25, 0.3) is 6.08 Å². The number of benzene rings is 2. The Bertz CT molecular complexity index is 889. The molecule has 7 nitrogen and oxygen atoms in total. The highest BCUT2D eigenvalue weighted by molar-refractivity contribution is 14.1. The lowest BCUT2D eigenvalue weighted by atomic mass is 10.1. The van der Waals surface area contributed by atoms with Gasteiger partial charge in [-0.25, -0.2) is 0 Å². The van der Waals surface area contributed by atoms with Crippen molar-refractivity contribution in [3.63, 3.8) is 0 Å². The fourth-order valence-electron chi connectivity index (χ4n) is 2.02. The highest BCUT2D eigenvalue weighted by Crippen LogP contribution is 2.32. The van der Waals surface area contributed by atoms with Crippen LogP contribution in [-0.4, -0.2) is 15.9 Å². The van der Waals surface area contributed by atoms with Gasteiger partial charge in [-0.15, -0.1) is 0 Å². The average Bonchev–Trinajstić information content (AvgIpc) is 2.61. The molecular formula is C17H12IN3O4. The minimum atomic E-state index is -0.726. The first-order valence-electron chi connectivity index (χ1n) is 7.03. The molecule has 2 aromatic rings. The van der Waals surface area contributed by atoms with Crippen molar-refractivity contribution >= 4 is 40.3 Å².